The van der Waals surface area contributed by atoms with Crippen molar-refractivity contribution in [1.29, 1.82) is 0 Å². The van der Waals surface area contributed by atoms with E-state index in [1.165, 1.54) is 0 Å². The number of carbonyl (C=O) groups is 1. The van der Waals surface area contributed by atoms with Gasteiger partial charge < -0.3 is 10.6 Å². The monoisotopic (exact) mass is 349 g/mol. The van der Waals surface area contributed by atoms with Gasteiger partial charge in [-0.1, -0.05) is 28.9 Å². The normalized spacial score (nSPS) is 12.4. The van der Waals surface area contributed by atoms with Crippen molar-refractivity contribution in [3.8, 4) is 0 Å². The van der Waals surface area contributed by atoms with Gasteiger partial charge in [0.1, 0.15) is 0 Å². The van der Waals surface area contributed by atoms with Crippen LogP contribution < -0.4 is 10.6 Å². The van der Waals surface area contributed by atoms with E-state index in [4.69, 9.17) is 0 Å². The van der Waals surface area contributed by atoms with Crippen molar-refractivity contribution >= 4 is 32.7 Å². The van der Waals surface area contributed by atoms with Crippen LogP contribution >= 0.6 is 15.9 Å². The van der Waals surface area contributed by atoms with Crippen LogP contribution in [0, 0.1) is 6.92 Å². The highest BCUT2D eigenvalue weighted by Gasteiger charge is 2.13. The number of nitrogens with one attached hydrogen (secondary N) is 2. The van der Waals surface area contributed by atoms with Crippen LogP contribution in [-0.4, -0.2) is 30.0 Å². The number of hydrogen-bond acceptors (Lipinski definition) is 3. The molecule has 1 aromatic heterocycles. The Morgan fingerprint density at radius 1 is 1.38 bits per heavy atom. The number of carbonyl (C=O) groups excluding carboxylic acids is 1. The number of halogens is 1. The van der Waals surface area contributed by atoms with Crippen molar-refractivity contribution < 1.29 is 4.79 Å². The Morgan fingerprint density at radius 2 is 2.14 bits per heavy atom. The van der Waals surface area contributed by atoms with Gasteiger partial charge in [-0.2, -0.15) is 0 Å². The van der Waals surface area contributed by atoms with Gasteiger partial charge in [-0.3, -0.25) is 9.78 Å². The number of benzene rings is 1. The Hall–Kier alpha value is -1.46. The van der Waals surface area contributed by atoms with Crippen LogP contribution in [0.15, 0.2) is 28.7 Å². The van der Waals surface area contributed by atoms with E-state index in [1.807, 2.05) is 31.2 Å². The standard InChI is InChI=1S/C16H20BrN3O/c1-4-18-11(3)9-19-16(21)14-7-10(2)20-15-8-12(17)5-6-13(14)15/h5-8,11,18H,4,9H2,1-3H3,(H,19,21)/t11-/m1/s1. The molecule has 0 aliphatic carbocycles. The van der Waals surface area contributed by atoms with E-state index < -0.39 is 0 Å². The summed E-state index contributed by atoms with van der Waals surface area (Å²) >= 11 is 3.44. The van der Waals surface area contributed by atoms with E-state index in [0.29, 0.717) is 12.1 Å². The topological polar surface area (TPSA) is 54.0 Å². The fourth-order valence-corrected chi connectivity index (χ4v) is 2.63. The molecule has 0 aliphatic heterocycles. The Kier molecular flexibility index (Phi) is 5.31. The summed E-state index contributed by atoms with van der Waals surface area (Å²) in [6.45, 7) is 7.50. The average Bonchev–Trinajstić information content (AvgIpc) is 2.43. The number of hydrogen-bond donors (Lipinski definition) is 2. The van der Waals surface area contributed by atoms with Gasteiger partial charge in [0, 0.05) is 28.1 Å². The molecule has 1 amide bonds. The molecule has 0 saturated heterocycles. The Morgan fingerprint density at radius 3 is 2.86 bits per heavy atom. The van der Waals surface area contributed by atoms with Crippen LogP contribution in [0.1, 0.15) is 29.9 Å². The van der Waals surface area contributed by atoms with Crippen molar-refractivity contribution in [2.75, 3.05) is 13.1 Å². The highest BCUT2D eigenvalue weighted by Crippen LogP contribution is 2.22. The molecule has 5 heteroatoms. The zero-order valence-electron chi connectivity index (χ0n) is 12.5. The summed E-state index contributed by atoms with van der Waals surface area (Å²) < 4.78 is 0.959. The Labute approximate surface area is 133 Å². The first-order valence-electron chi connectivity index (χ1n) is 7.09. The molecule has 2 rings (SSSR count). The van der Waals surface area contributed by atoms with Crippen molar-refractivity contribution in [3.63, 3.8) is 0 Å². The van der Waals surface area contributed by atoms with Gasteiger partial charge in [0.2, 0.25) is 0 Å². The van der Waals surface area contributed by atoms with Crippen molar-refractivity contribution in [3.05, 3.63) is 40.0 Å². The van der Waals surface area contributed by atoms with Crippen molar-refractivity contribution in [2.45, 2.75) is 26.8 Å². The largest absolute Gasteiger partial charge is 0.350 e. The molecule has 1 atom stereocenters. The third kappa shape index (κ3) is 4.02. The highest BCUT2D eigenvalue weighted by atomic mass is 79.9. The van der Waals surface area contributed by atoms with E-state index in [-0.39, 0.29) is 11.9 Å². The maximum Gasteiger partial charge on any atom is 0.252 e. The van der Waals surface area contributed by atoms with Crippen LogP contribution in [0.5, 0.6) is 0 Å². The fourth-order valence-electron chi connectivity index (χ4n) is 2.28. The second-order valence-electron chi connectivity index (χ2n) is 5.14. The van der Waals surface area contributed by atoms with Gasteiger partial charge in [0.15, 0.2) is 0 Å². The zero-order valence-corrected chi connectivity index (χ0v) is 14.1. The van der Waals surface area contributed by atoms with Crippen LogP contribution in [0.4, 0.5) is 0 Å². The molecule has 0 radical (unpaired) electrons. The zero-order chi connectivity index (χ0) is 15.4. The molecular weight excluding hydrogens is 330 g/mol. The van der Waals surface area contributed by atoms with Gasteiger partial charge in [-0.25, -0.2) is 0 Å². The number of amides is 1. The fraction of sp³-hybridized carbons (Fsp3) is 0.375. The molecular formula is C16H20BrN3O. The molecule has 1 aromatic carbocycles. The molecule has 0 bridgehead atoms. The quantitative estimate of drug-likeness (QED) is 0.872. The van der Waals surface area contributed by atoms with Crippen molar-refractivity contribution in [1.82, 2.24) is 15.6 Å². The number of fused-ring (bicyclic) bond motifs is 1. The summed E-state index contributed by atoms with van der Waals surface area (Å²) in [6.07, 6.45) is 0. The first-order chi connectivity index (χ1) is 10.0. The minimum atomic E-state index is -0.0578. The minimum Gasteiger partial charge on any atom is -0.350 e. The van der Waals surface area contributed by atoms with Gasteiger partial charge in [0.05, 0.1) is 11.1 Å². The maximum atomic E-state index is 12.4. The molecule has 0 saturated carbocycles. The lowest BCUT2D eigenvalue weighted by Gasteiger charge is -2.14. The lowest BCUT2D eigenvalue weighted by molar-refractivity contribution is 0.0951. The number of rotatable bonds is 5. The van der Waals surface area contributed by atoms with Crippen LogP contribution in [-0.2, 0) is 0 Å². The third-order valence-electron chi connectivity index (χ3n) is 3.27. The molecule has 0 unspecified atom stereocenters. The molecule has 0 fully saturated rings. The molecule has 1 heterocycles. The number of aryl methyl sites for hydroxylation is 1. The molecule has 0 aliphatic rings. The molecule has 2 aromatic rings. The van der Waals surface area contributed by atoms with Crippen LogP contribution in [0.3, 0.4) is 0 Å². The molecule has 21 heavy (non-hydrogen) atoms. The van der Waals surface area contributed by atoms with Gasteiger partial charge in [0.25, 0.3) is 5.91 Å². The lowest BCUT2D eigenvalue weighted by atomic mass is 10.1. The van der Waals surface area contributed by atoms with Gasteiger partial charge in [-0.05, 0) is 38.6 Å². The summed E-state index contributed by atoms with van der Waals surface area (Å²) in [5, 5.41) is 7.12. The predicted molar refractivity (Wildman–Crippen MR) is 89.7 cm³/mol. The number of likely N-dealkylation sites (N-methyl/N-ethyl adjacent to an activating group) is 1. The molecule has 4 nitrogen and oxygen atoms in total. The summed E-state index contributed by atoms with van der Waals surface area (Å²) in [7, 11) is 0. The second-order valence-corrected chi connectivity index (χ2v) is 6.06. The van der Waals surface area contributed by atoms with Crippen LogP contribution in [0.2, 0.25) is 0 Å². The van der Waals surface area contributed by atoms with E-state index in [1.54, 1.807) is 0 Å². The Balaban J connectivity index is 2.26. The summed E-state index contributed by atoms with van der Waals surface area (Å²) in [6, 6.07) is 7.87. The minimum absolute atomic E-state index is 0.0578. The van der Waals surface area contributed by atoms with E-state index in [0.717, 1.165) is 27.6 Å². The summed E-state index contributed by atoms with van der Waals surface area (Å²) in [4.78, 5) is 16.9. The maximum absolute atomic E-state index is 12.4. The second kappa shape index (κ2) is 7.00. The molecule has 2 N–H and O–H groups in total. The SMILES string of the molecule is CCN[C@H](C)CNC(=O)c1cc(C)nc2cc(Br)ccc12. The Bertz CT molecular complexity index is 652. The summed E-state index contributed by atoms with van der Waals surface area (Å²) in [5.41, 5.74) is 2.34. The first kappa shape index (κ1) is 15.9. The molecule has 112 valence electrons. The highest BCUT2D eigenvalue weighted by molar-refractivity contribution is 9.10. The van der Waals surface area contributed by atoms with E-state index in [9.17, 15) is 4.79 Å². The number of nitrogens with zero attached hydrogens (tertiary/aromatic N) is 1. The summed E-state index contributed by atoms with van der Waals surface area (Å²) in [5.74, 6) is -0.0578. The predicted octanol–water partition coefficient (Wildman–Crippen LogP) is 3.03. The first-order valence-corrected chi connectivity index (χ1v) is 7.89. The van der Waals surface area contributed by atoms with Gasteiger partial charge in [-0.15, -0.1) is 0 Å². The molecule has 0 spiro atoms. The van der Waals surface area contributed by atoms with Crippen molar-refractivity contribution in [2.24, 2.45) is 0 Å². The van der Waals surface area contributed by atoms with Gasteiger partial charge >= 0.3 is 0 Å². The lowest BCUT2D eigenvalue weighted by Crippen LogP contribution is -2.38. The number of pyridine rings is 1. The smallest absolute Gasteiger partial charge is 0.252 e. The van der Waals surface area contributed by atoms with E-state index in [2.05, 4.69) is 45.4 Å². The van der Waals surface area contributed by atoms with E-state index >= 15 is 0 Å². The average molecular weight is 350 g/mol. The number of aromatic nitrogens is 1. The third-order valence-corrected chi connectivity index (χ3v) is 3.76. The van der Waals surface area contributed by atoms with Crippen LogP contribution in [0.25, 0.3) is 10.9 Å².